The normalized spacial score (nSPS) is 17.1. The Labute approximate surface area is 121 Å². The van der Waals surface area contributed by atoms with Gasteiger partial charge in [0.2, 0.25) is 5.91 Å². The second-order valence-corrected chi connectivity index (χ2v) is 5.47. The van der Waals surface area contributed by atoms with Crippen LogP contribution in [0.3, 0.4) is 0 Å². The molecular formula is C16H25N3O. The lowest BCUT2D eigenvalue weighted by Crippen LogP contribution is -2.50. The van der Waals surface area contributed by atoms with Gasteiger partial charge in [-0.25, -0.2) is 0 Å². The molecule has 0 radical (unpaired) electrons. The lowest BCUT2D eigenvalue weighted by Gasteiger charge is -2.36. The minimum Gasteiger partial charge on any atom is -0.368 e. The average molecular weight is 275 g/mol. The highest BCUT2D eigenvalue weighted by atomic mass is 16.2. The van der Waals surface area contributed by atoms with E-state index in [1.165, 1.54) is 17.7 Å². The minimum absolute atomic E-state index is 0.0526. The number of amides is 1. The van der Waals surface area contributed by atoms with E-state index in [9.17, 15) is 4.79 Å². The summed E-state index contributed by atoms with van der Waals surface area (Å²) in [6, 6.07) is 8.84. The highest BCUT2D eigenvalue weighted by Crippen LogP contribution is 2.23. The van der Waals surface area contributed by atoms with Gasteiger partial charge in [0.15, 0.2) is 0 Å². The zero-order chi connectivity index (χ0) is 14.5. The highest BCUT2D eigenvalue weighted by Gasteiger charge is 2.20. The largest absolute Gasteiger partial charge is 0.368 e. The van der Waals surface area contributed by atoms with Crippen LogP contribution in [0.5, 0.6) is 0 Å². The predicted molar refractivity (Wildman–Crippen MR) is 83.0 cm³/mol. The molecule has 4 heteroatoms. The standard InChI is InChI=1S/C16H25N3O/c1-3-13(2)14-4-6-15(7-5-14)18-8-10-19(11-9-18)16(20)12-17/h4-7,13H,3,8-12,17H2,1-2H3. The summed E-state index contributed by atoms with van der Waals surface area (Å²) in [6.45, 7) is 7.89. The third kappa shape index (κ3) is 3.31. The minimum atomic E-state index is 0.0526. The highest BCUT2D eigenvalue weighted by molar-refractivity contribution is 5.78. The molecule has 0 spiro atoms. The van der Waals surface area contributed by atoms with Crippen LogP contribution in [-0.2, 0) is 4.79 Å². The number of hydrogen-bond acceptors (Lipinski definition) is 3. The zero-order valence-corrected chi connectivity index (χ0v) is 12.5. The van der Waals surface area contributed by atoms with Crippen molar-refractivity contribution in [2.75, 3.05) is 37.6 Å². The van der Waals surface area contributed by atoms with Gasteiger partial charge in [0.1, 0.15) is 0 Å². The number of benzene rings is 1. The first-order chi connectivity index (χ1) is 9.65. The van der Waals surface area contributed by atoms with E-state index in [2.05, 4.69) is 43.0 Å². The zero-order valence-electron chi connectivity index (χ0n) is 12.5. The van der Waals surface area contributed by atoms with Gasteiger partial charge in [-0.1, -0.05) is 26.0 Å². The van der Waals surface area contributed by atoms with E-state index in [1.807, 2.05) is 4.90 Å². The summed E-state index contributed by atoms with van der Waals surface area (Å²) in [6.07, 6.45) is 1.17. The molecule has 1 fully saturated rings. The van der Waals surface area contributed by atoms with Crippen LogP contribution in [-0.4, -0.2) is 43.5 Å². The summed E-state index contributed by atoms with van der Waals surface area (Å²) >= 11 is 0. The molecule has 1 aromatic rings. The van der Waals surface area contributed by atoms with E-state index in [0.29, 0.717) is 5.92 Å². The molecule has 20 heavy (non-hydrogen) atoms. The molecule has 2 rings (SSSR count). The SMILES string of the molecule is CCC(C)c1ccc(N2CCN(C(=O)CN)CC2)cc1. The second-order valence-electron chi connectivity index (χ2n) is 5.47. The van der Waals surface area contributed by atoms with Gasteiger partial charge in [0.05, 0.1) is 6.54 Å². The number of piperazine rings is 1. The molecule has 0 aromatic heterocycles. The molecule has 2 N–H and O–H groups in total. The van der Waals surface area contributed by atoms with E-state index in [-0.39, 0.29) is 12.5 Å². The van der Waals surface area contributed by atoms with Crippen molar-refractivity contribution in [2.45, 2.75) is 26.2 Å². The van der Waals surface area contributed by atoms with Crippen LogP contribution in [0.25, 0.3) is 0 Å². The van der Waals surface area contributed by atoms with Gasteiger partial charge in [-0.2, -0.15) is 0 Å². The maximum Gasteiger partial charge on any atom is 0.236 e. The fourth-order valence-corrected chi connectivity index (χ4v) is 2.59. The van der Waals surface area contributed by atoms with Crippen LogP contribution in [0.15, 0.2) is 24.3 Å². The van der Waals surface area contributed by atoms with E-state index in [4.69, 9.17) is 5.73 Å². The summed E-state index contributed by atoms with van der Waals surface area (Å²) in [5.74, 6) is 0.667. The molecule has 1 aliphatic heterocycles. The first kappa shape index (κ1) is 14.9. The van der Waals surface area contributed by atoms with E-state index < -0.39 is 0 Å². The van der Waals surface area contributed by atoms with E-state index >= 15 is 0 Å². The maximum atomic E-state index is 11.5. The van der Waals surface area contributed by atoms with Crippen molar-refractivity contribution in [1.82, 2.24) is 4.90 Å². The van der Waals surface area contributed by atoms with Crippen LogP contribution >= 0.6 is 0 Å². The predicted octanol–water partition coefficient (Wildman–Crippen LogP) is 1.81. The van der Waals surface area contributed by atoms with Gasteiger partial charge in [0.25, 0.3) is 0 Å². The molecule has 4 nitrogen and oxygen atoms in total. The first-order valence-electron chi connectivity index (χ1n) is 7.48. The van der Waals surface area contributed by atoms with Gasteiger partial charge < -0.3 is 15.5 Å². The quantitative estimate of drug-likeness (QED) is 0.911. The Balaban J connectivity index is 1.95. The molecule has 1 heterocycles. The number of hydrogen-bond donors (Lipinski definition) is 1. The van der Waals surface area contributed by atoms with Crippen molar-refractivity contribution in [3.8, 4) is 0 Å². The number of carbonyl (C=O) groups excluding carboxylic acids is 1. The van der Waals surface area contributed by atoms with Gasteiger partial charge >= 0.3 is 0 Å². The van der Waals surface area contributed by atoms with Crippen molar-refractivity contribution in [3.05, 3.63) is 29.8 Å². The van der Waals surface area contributed by atoms with Gasteiger partial charge in [-0.05, 0) is 30.0 Å². The van der Waals surface area contributed by atoms with Crippen LogP contribution in [0.1, 0.15) is 31.7 Å². The van der Waals surface area contributed by atoms with Crippen LogP contribution in [0.4, 0.5) is 5.69 Å². The van der Waals surface area contributed by atoms with Gasteiger partial charge in [-0.3, -0.25) is 4.79 Å². The van der Waals surface area contributed by atoms with Crippen molar-refractivity contribution in [1.29, 1.82) is 0 Å². The van der Waals surface area contributed by atoms with E-state index in [0.717, 1.165) is 26.2 Å². The lowest BCUT2D eigenvalue weighted by molar-refractivity contribution is -0.129. The van der Waals surface area contributed by atoms with Gasteiger partial charge in [0, 0.05) is 31.9 Å². The smallest absolute Gasteiger partial charge is 0.236 e. The number of rotatable bonds is 4. The van der Waals surface area contributed by atoms with Crippen LogP contribution in [0, 0.1) is 0 Å². The Morgan fingerprint density at radius 3 is 2.30 bits per heavy atom. The van der Waals surface area contributed by atoms with Crippen molar-refractivity contribution >= 4 is 11.6 Å². The van der Waals surface area contributed by atoms with Crippen molar-refractivity contribution < 1.29 is 4.79 Å². The fraction of sp³-hybridized carbons (Fsp3) is 0.562. The average Bonchev–Trinajstić information content (AvgIpc) is 2.53. The molecule has 1 aromatic carbocycles. The number of carbonyl (C=O) groups is 1. The summed E-state index contributed by atoms with van der Waals surface area (Å²) in [7, 11) is 0. The summed E-state index contributed by atoms with van der Waals surface area (Å²) in [5.41, 5.74) is 8.05. The molecule has 110 valence electrons. The molecule has 1 saturated heterocycles. The molecular weight excluding hydrogens is 250 g/mol. The van der Waals surface area contributed by atoms with Crippen LogP contribution in [0.2, 0.25) is 0 Å². The third-order valence-electron chi connectivity index (χ3n) is 4.25. The topological polar surface area (TPSA) is 49.6 Å². The molecule has 1 amide bonds. The summed E-state index contributed by atoms with van der Waals surface area (Å²) in [5, 5.41) is 0. The van der Waals surface area contributed by atoms with Crippen LogP contribution < -0.4 is 10.6 Å². The Bertz CT molecular complexity index is 436. The van der Waals surface area contributed by atoms with Crippen molar-refractivity contribution in [2.24, 2.45) is 5.73 Å². The van der Waals surface area contributed by atoms with Crippen molar-refractivity contribution in [3.63, 3.8) is 0 Å². The third-order valence-corrected chi connectivity index (χ3v) is 4.25. The monoisotopic (exact) mass is 275 g/mol. The molecule has 0 aliphatic carbocycles. The number of nitrogens with zero attached hydrogens (tertiary/aromatic N) is 2. The summed E-state index contributed by atoms with van der Waals surface area (Å²) < 4.78 is 0. The Morgan fingerprint density at radius 2 is 1.80 bits per heavy atom. The number of anilines is 1. The Kier molecular flexibility index (Phi) is 5.01. The molecule has 1 unspecified atom stereocenters. The Hall–Kier alpha value is -1.55. The molecule has 0 bridgehead atoms. The van der Waals surface area contributed by atoms with E-state index in [1.54, 1.807) is 0 Å². The lowest BCUT2D eigenvalue weighted by atomic mass is 9.98. The first-order valence-corrected chi connectivity index (χ1v) is 7.48. The fourth-order valence-electron chi connectivity index (χ4n) is 2.59. The Morgan fingerprint density at radius 1 is 1.20 bits per heavy atom. The second kappa shape index (κ2) is 6.75. The molecule has 1 atom stereocenters. The maximum absolute atomic E-state index is 11.5. The molecule has 1 aliphatic rings. The van der Waals surface area contributed by atoms with Gasteiger partial charge in [-0.15, -0.1) is 0 Å². The summed E-state index contributed by atoms with van der Waals surface area (Å²) in [4.78, 5) is 15.7. The number of nitrogens with two attached hydrogens (primary N) is 1. The molecule has 0 saturated carbocycles.